The number of halogens is 2. The lowest BCUT2D eigenvalue weighted by Gasteiger charge is -1.94. The third-order valence-electron chi connectivity index (χ3n) is 0.978. The van der Waals surface area contributed by atoms with E-state index < -0.39 is 10.1 Å². The molecule has 4 nitrogen and oxygen atoms in total. The van der Waals surface area contributed by atoms with Gasteiger partial charge in [-0.05, 0) is 22.0 Å². The fraction of sp³-hybridized carbons (Fsp3) is 0. The van der Waals surface area contributed by atoms with E-state index in [0.29, 0.717) is 4.47 Å². The minimum absolute atomic E-state index is 0. The molecule has 0 atom stereocenters. The highest BCUT2D eigenvalue weighted by Gasteiger charge is 2.08. The zero-order valence-corrected chi connectivity index (χ0v) is 8.86. The van der Waals surface area contributed by atoms with Crippen LogP contribution in [0.4, 0.5) is 0 Å². The predicted molar refractivity (Wildman–Crippen MR) is 49.0 cm³/mol. The van der Waals surface area contributed by atoms with Gasteiger partial charge in [0.25, 0.3) is 10.1 Å². The standard InChI is InChI=1S/C5H4BrNO3S.ClH/c6-4-1-5(3-7-2-4)11(8,9)10;/h1-3H,(H,8,9,10);1H. The van der Waals surface area contributed by atoms with Crippen LogP contribution >= 0.6 is 28.3 Å². The molecule has 0 saturated carbocycles. The highest BCUT2D eigenvalue weighted by atomic mass is 79.9. The Bertz CT molecular complexity index is 367. The average Bonchev–Trinajstić information content (AvgIpc) is 1.86. The molecule has 1 aromatic heterocycles. The summed E-state index contributed by atoms with van der Waals surface area (Å²) in [5.41, 5.74) is 0. The normalized spacial score (nSPS) is 10.5. The first kappa shape index (κ1) is 11.8. The minimum atomic E-state index is -4.12. The maximum Gasteiger partial charge on any atom is 0.296 e. The van der Waals surface area contributed by atoms with Gasteiger partial charge in [-0.25, -0.2) is 0 Å². The smallest absolute Gasteiger partial charge is 0.282 e. The number of pyridine rings is 1. The number of hydrogen-bond acceptors (Lipinski definition) is 3. The van der Waals surface area contributed by atoms with Crippen molar-refractivity contribution in [2.45, 2.75) is 4.90 Å². The quantitative estimate of drug-likeness (QED) is 0.788. The summed E-state index contributed by atoms with van der Waals surface area (Å²) in [7, 11) is -4.12. The predicted octanol–water partition coefficient (Wildman–Crippen LogP) is 1.51. The van der Waals surface area contributed by atoms with Gasteiger partial charge in [0.15, 0.2) is 0 Å². The van der Waals surface area contributed by atoms with Crippen LogP contribution in [0.5, 0.6) is 0 Å². The van der Waals surface area contributed by atoms with Gasteiger partial charge in [-0.3, -0.25) is 9.54 Å². The van der Waals surface area contributed by atoms with Gasteiger partial charge in [0, 0.05) is 16.9 Å². The van der Waals surface area contributed by atoms with Crippen molar-refractivity contribution in [2.75, 3.05) is 0 Å². The van der Waals surface area contributed by atoms with Crippen LogP contribution in [-0.4, -0.2) is 18.0 Å². The van der Waals surface area contributed by atoms with E-state index in [1.807, 2.05) is 0 Å². The van der Waals surface area contributed by atoms with Gasteiger partial charge in [0.05, 0.1) is 0 Å². The summed E-state index contributed by atoms with van der Waals surface area (Å²) in [6, 6.07) is 1.27. The lowest BCUT2D eigenvalue weighted by Crippen LogP contribution is -1.97. The third-order valence-corrected chi connectivity index (χ3v) is 2.23. The van der Waals surface area contributed by atoms with Gasteiger partial charge < -0.3 is 0 Å². The van der Waals surface area contributed by atoms with E-state index in [4.69, 9.17) is 4.55 Å². The Morgan fingerprint density at radius 2 is 2.00 bits per heavy atom. The Labute approximate surface area is 84.3 Å². The van der Waals surface area contributed by atoms with Crippen LogP contribution < -0.4 is 0 Å². The summed E-state index contributed by atoms with van der Waals surface area (Å²) < 4.78 is 30.0. The van der Waals surface area contributed by atoms with Crippen molar-refractivity contribution in [3.05, 3.63) is 22.9 Å². The second-order valence-corrected chi connectivity index (χ2v) is 4.15. The van der Waals surface area contributed by atoms with Crippen LogP contribution in [0.2, 0.25) is 0 Å². The number of aromatic nitrogens is 1. The van der Waals surface area contributed by atoms with E-state index >= 15 is 0 Å². The van der Waals surface area contributed by atoms with Crippen molar-refractivity contribution in [1.29, 1.82) is 0 Å². The molecule has 0 aromatic carbocycles. The fourth-order valence-corrected chi connectivity index (χ4v) is 1.52. The van der Waals surface area contributed by atoms with Gasteiger partial charge in [-0.15, -0.1) is 12.4 Å². The van der Waals surface area contributed by atoms with Crippen molar-refractivity contribution < 1.29 is 13.0 Å². The Balaban J connectivity index is 0.00000121. The molecule has 0 unspecified atom stereocenters. The van der Waals surface area contributed by atoms with Gasteiger partial charge in [0.1, 0.15) is 4.90 Å². The van der Waals surface area contributed by atoms with E-state index in [-0.39, 0.29) is 17.3 Å². The SMILES string of the molecule is Cl.O=S(=O)(O)c1cncc(Br)c1. The molecule has 12 heavy (non-hydrogen) atoms. The van der Waals surface area contributed by atoms with Gasteiger partial charge in [0.2, 0.25) is 0 Å². The Morgan fingerprint density at radius 3 is 2.33 bits per heavy atom. The molecule has 1 heterocycles. The van der Waals surface area contributed by atoms with Crippen LogP contribution in [0, 0.1) is 0 Å². The second kappa shape index (κ2) is 4.18. The highest BCUT2D eigenvalue weighted by molar-refractivity contribution is 9.10. The third kappa shape index (κ3) is 3.06. The molecule has 0 aliphatic rings. The molecule has 1 aromatic rings. The van der Waals surface area contributed by atoms with Gasteiger partial charge >= 0.3 is 0 Å². The first-order valence-electron chi connectivity index (χ1n) is 2.58. The average molecular weight is 275 g/mol. The molecule has 1 rings (SSSR count). The lowest BCUT2D eigenvalue weighted by atomic mass is 10.5. The molecular formula is C5H5BrClNO3S. The van der Waals surface area contributed by atoms with Crippen molar-refractivity contribution in [3.8, 4) is 0 Å². The Hall–Kier alpha value is -0.170. The molecule has 0 fully saturated rings. The van der Waals surface area contributed by atoms with E-state index in [1.54, 1.807) is 0 Å². The lowest BCUT2D eigenvalue weighted by molar-refractivity contribution is 0.482. The molecule has 0 bridgehead atoms. The molecule has 0 radical (unpaired) electrons. The van der Waals surface area contributed by atoms with Crippen LogP contribution in [0.1, 0.15) is 0 Å². The zero-order valence-electron chi connectivity index (χ0n) is 5.64. The molecular weight excluding hydrogens is 269 g/mol. The van der Waals surface area contributed by atoms with Crippen molar-refractivity contribution >= 4 is 38.5 Å². The first-order chi connectivity index (χ1) is 5.00. The van der Waals surface area contributed by atoms with Crippen LogP contribution in [-0.2, 0) is 10.1 Å². The van der Waals surface area contributed by atoms with Crippen LogP contribution in [0.25, 0.3) is 0 Å². The second-order valence-electron chi connectivity index (χ2n) is 1.81. The molecule has 0 amide bonds. The summed E-state index contributed by atoms with van der Waals surface area (Å²) in [6.45, 7) is 0. The molecule has 68 valence electrons. The molecule has 0 aliphatic heterocycles. The number of hydrogen-bond donors (Lipinski definition) is 1. The topological polar surface area (TPSA) is 67.3 Å². The van der Waals surface area contributed by atoms with Crippen molar-refractivity contribution in [2.24, 2.45) is 0 Å². The van der Waals surface area contributed by atoms with Crippen molar-refractivity contribution in [3.63, 3.8) is 0 Å². The van der Waals surface area contributed by atoms with Crippen LogP contribution in [0.15, 0.2) is 27.8 Å². The summed E-state index contributed by atoms with van der Waals surface area (Å²) in [4.78, 5) is 3.35. The minimum Gasteiger partial charge on any atom is -0.282 e. The van der Waals surface area contributed by atoms with Gasteiger partial charge in [-0.1, -0.05) is 0 Å². The first-order valence-corrected chi connectivity index (χ1v) is 4.81. The molecule has 0 saturated heterocycles. The largest absolute Gasteiger partial charge is 0.296 e. The van der Waals surface area contributed by atoms with E-state index in [2.05, 4.69) is 20.9 Å². The number of rotatable bonds is 1. The molecule has 1 N–H and O–H groups in total. The summed E-state index contributed by atoms with van der Waals surface area (Å²) in [5.74, 6) is 0. The summed E-state index contributed by atoms with van der Waals surface area (Å²) in [6.07, 6.45) is 2.49. The molecule has 0 aliphatic carbocycles. The maximum atomic E-state index is 10.5. The Morgan fingerprint density at radius 1 is 1.42 bits per heavy atom. The van der Waals surface area contributed by atoms with Gasteiger partial charge in [-0.2, -0.15) is 8.42 Å². The fourth-order valence-electron chi connectivity index (χ4n) is 0.533. The zero-order chi connectivity index (χ0) is 8.48. The molecule has 7 heteroatoms. The maximum absolute atomic E-state index is 10.5. The van der Waals surface area contributed by atoms with Crippen molar-refractivity contribution in [1.82, 2.24) is 4.98 Å². The van der Waals surface area contributed by atoms with E-state index in [0.717, 1.165) is 6.20 Å². The number of nitrogens with zero attached hydrogens (tertiary/aromatic N) is 1. The summed E-state index contributed by atoms with van der Waals surface area (Å²) in [5, 5.41) is 0. The monoisotopic (exact) mass is 273 g/mol. The Kier molecular flexibility index (Phi) is 4.12. The van der Waals surface area contributed by atoms with E-state index in [9.17, 15) is 8.42 Å². The van der Waals surface area contributed by atoms with Crippen LogP contribution in [0.3, 0.4) is 0 Å². The summed E-state index contributed by atoms with van der Waals surface area (Å²) >= 11 is 3.02. The molecule has 0 spiro atoms. The van der Waals surface area contributed by atoms with E-state index in [1.165, 1.54) is 12.3 Å². The highest BCUT2D eigenvalue weighted by Crippen LogP contribution is 2.13.